The van der Waals surface area contributed by atoms with Gasteiger partial charge in [0, 0.05) is 0 Å². The molecule has 0 saturated heterocycles. The van der Waals surface area contributed by atoms with E-state index < -0.39 is 7.38 Å². The predicted octanol–water partition coefficient (Wildman–Crippen LogP) is 14.9. The van der Waals surface area contributed by atoms with E-state index in [1.807, 2.05) is 0 Å². The van der Waals surface area contributed by atoms with Crippen molar-refractivity contribution >= 4 is 18.5 Å². The lowest BCUT2D eigenvalue weighted by Gasteiger charge is -2.25. The van der Waals surface area contributed by atoms with Crippen LogP contribution in [-0.2, 0) is 0 Å². The topological polar surface area (TPSA) is 0 Å². The monoisotopic (exact) mass is 571 g/mol. The minimum Gasteiger partial charge on any atom is -0.167 e. The molecule has 0 nitrogen and oxygen atoms in total. The molecule has 0 spiro atoms. The van der Waals surface area contributed by atoms with Gasteiger partial charge in [-0.15, -0.1) is 0 Å². The molecule has 2 heteroatoms. The molecule has 0 bridgehead atoms. The number of rotatable bonds is 33. The van der Waals surface area contributed by atoms with Crippen molar-refractivity contribution in [2.45, 2.75) is 232 Å². The average Bonchev–Trinajstić information content (AvgIpc) is 2.92. The quantitative estimate of drug-likeness (QED) is 0.0418. The molecule has 0 N–H and O–H groups in total. The third kappa shape index (κ3) is 29.5. The summed E-state index contributed by atoms with van der Waals surface area (Å²) < 4.78 is 0. The maximum atomic E-state index is 7.51. The molecule has 0 aromatic carbocycles. The first-order chi connectivity index (χ1) is 18.7. The molecule has 0 unspecified atom stereocenters. The molecule has 0 aliphatic carbocycles. The summed E-state index contributed by atoms with van der Waals surface area (Å²) in [5.74, 6) is 0. The van der Waals surface area contributed by atoms with E-state index in [4.69, 9.17) is 11.1 Å². The highest BCUT2D eigenvalue weighted by molar-refractivity contribution is 7.20. The first-order valence-corrected chi connectivity index (χ1v) is 22.0. The second-order valence-electron chi connectivity index (χ2n) is 12.9. The lowest BCUT2D eigenvalue weighted by molar-refractivity contribution is 0.557. The largest absolute Gasteiger partial charge is 0.167 e. The molecule has 230 valence electrons. The van der Waals surface area contributed by atoms with Gasteiger partial charge in [0.25, 0.3) is 0 Å². The molecule has 0 radical (unpaired) electrons. The second kappa shape index (κ2) is 32.0. The van der Waals surface area contributed by atoms with Gasteiger partial charge in [-0.3, -0.25) is 0 Å². The van der Waals surface area contributed by atoms with Gasteiger partial charge >= 0.3 is 0 Å². The lowest BCUT2D eigenvalue weighted by atomic mass is 10.1. The van der Waals surface area contributed by atoms with Crippen LogP contribution in [-0.4, -0.2) is 7.38 Å². The molecular formula is C36H75ClSi. The molecule has 0 aliphatic heterocycles. The van der Waals surface area contributed by atoms with Crippen LogP contribution >= 0.6 is 11.1 Å². The van der Waals surface area contributed by atoms with Gasteiger partial charge in [-0.1, -0.05) is 213 Å². The van der Waals surface area contributed by atoms with Crippen LogP contribution in [0, 0.1) is 0 Å². The van der Waals surface area contributed by atoms with Crippen molar-refractivity contribution in [3.05, 3.63) is 0 Å². The summed E-state index contributed by atoms with van der Waals surface area (Å²) in [5, 5.41) is 0. The van der Waals surface area contributed by atoms with Crippen LogP contribution in [0.4, 0.5) is 0 Å². The van der Waals surface area contributed by atoms with Crippen LogP contribution in [0.15, 0.2) is 0 Å². The summed E-state index contributed by atoms with van der Waals surface area (Å²) >= 11 is 7.51. The van der Waals surface area contributed by atoms with E-state index in [2.05, 4.69) is 20.8 Å². The van der Waals surface area contributed by atoms with Crippen molar-refractivity contribution in [1.29, 1.82) is 0 Å². The molecule has 0 heterocycles. The zero-order valence-electron chi connectivity index (χ0n) is 27.2. The number of hydrogen-bond donors (Lipinski definition) is 0. The summed E-state index contributed by atoms with van der Waals surface area (Å²) in [6, 6.07) is 4.21. The van der Waals surface area contributed by atoms with Gasteiger partial charge in [0.2, 0.25) is 0 Å². The summed E-state index contributed by atoms with van der Waals surface area (Å²) in [5.41, 5.74) is 0. The van der Waals surface area contributed by atoms with E-state index in [0.717, 1.165) is 0 Å². The third-order valence-electron chi connectivity index (χ3n) is 8.94. The number of unbranched alkanes of at least 4 members (excludes halogenated alkanes) is 27. The fourth-order valence-corrected chi connectivity index (χ4v) is 10.8. The highest BCUT2D eigenvalue weighted by Crippen LogP contribution is 2.33. The minimum atomic E-state index is -1.55. The van der Waals surface area contributed by atoms with Crippen molar-refractivity contribution in [3.63, 3.8) is 0 Å². The molecule has 0 atom stereocenters. The first kappa shape index (κ1) is 38.5. The van der Waals surface area contributed by atoms with Gasteiger partial charge in [0.1, 0.15) is 0 Å². The van der Waals surface area contributed by atoms with E-state index >= 15 is 0 Å². The van der Waals surface area contributed by atoms with Crippen molar-refractivity contribution in [2.75, 3.05) is 0 Å². The smallest absolute Gasteiger partial charge is 0.156 e. The highest BCUT2D eigenvalue weighted by atomic mass is 35.6. The van der Waals surface area contributed by atoms with E-state index in [-0.39, 0.29) is 0 Å². The summed E-state index contributed by atoms with van der Waals surface area (Å²) in [6.45, 7) is 6.94. The Labute approximate surface area is 249 Å². The fourth-order valence-electron chi connectivity index (χ4n) is 6.16. The Morgan fingerprint density at radius 3 is 0.605 bits per heavy atom. The summed E-state index contributed by atoms with van der Waals surface area (Å²) in [7, 11) is -1.55. The standard InChI is InChI=1S/C36H75ClSi/c1-4-7-10-13-16-19-22-25-28-31-34-38(37,35-32-29-26-23-20-17-14-11-8-5-2)36-33-30-27-24-21-18-15-12-9-6-3/h4-36H2,1-3H3. The van der Waals surface area contributed by atoms with Gasteiger partial charge < -0.3 is 0 Å². The Hall–Kier alpha value is 0.507. The molecule has 0 rings (SSSR count). The van der Waals surface area contributed by atoms with E-state index in [9.17, 15) is 0 Å². The average molecular weight is 572 g/mol. The van der Waals surface area contributed by atoms with Gasteiger partial charge in [-0.2, -0.15) is 11.1 Å². The van der Waals surface area contributed by atoms with Crippen LogP contribution < -0.4 is 0 Å². The number of hydrogen-bond acceptors (Lipinski definition) is 0. The molecule has 0 aliphatic rings. The highest BCUT2D eigenvalue weighted by Gasteiger charge is 2.28. The molecular weight excluding hydrogens is 496 g/mol. The zero-order valence-corrected chi connectivity index (χ0v) is 29.0. The molecule has 38 heavy (non-hydrogen) atoms. The lowest BCUT2D eigenvalue weighted by Crippen LogP contribution is -2.26. The Bertz CT molecular complexity index is 364. The molecule has 0 aromatic heterocycles. The van der Waals surface area contributed by atoms with Crippen LogP contribution in [0.1, 0.15) is 213 Å². The van der Waals surface area contributed by atoms with Crippen LogP contribution in [0.25, 0.3) is 0 Å². The molecule has 0 saturated carbocycles. The van der Waals surface area contributed by atoms with E-state index in [0.29, 0.717) is 0 Å². The van der Waals surface area contributed by atoms with Crippen LogP contribution in [0.2, 0.25) is 18.1 Å². The minimum absolute atomic E-state index is 1.36. The van der Waals surface area contributed by atoms with Crippen molar-refractivity contribution in [2.24, 2.45) is 0 Å². The van der Waals surface area contributed by atoms with E-state index in [1.54, 1.807) is 0 Å². The van der Waals surface area contributed by atoms with Gasteiger partial charge in [0.15, 0.2) is 7.38 Å². The van der Waals surface area contributed by atoms with Gasteiger partial charge in [0.05, 0.1) is 0 Å². The van der Waals surface area contributed by atoms with E-state index in [1.165, 1.54) is 211 Å². The summed E-state index contributed by atoms with van der Waals surface area (Å²) in [4.78, 5) is 0. The Balaban J connectivity index is 4.06. The maximum Gasteiger partial charge on any atom is 0.156 e. The maximum absolute atomic E-state index is 7.51. The van der Waals surface area contributed by atoms with Gasteiger partial charge in [-0.05, 0) is 18.1 Å². The molecule has 0 aromatic rings. The first-order valence-electron chi connectivity index (χ1n) is 18.4. The van der Waals surface area contributed by atoms with Crippen molar-refractivity contribution < 1.29 is 0 Å². The Kier molecular flexibility index (Phi) is 32.5. The normalized spacial score (nSPS) is 12.0. The fraction of sp³-hybridized carbons (Fsp3) is 1.00. The van der Waals surface area contributed by atoms with Crippen molar-refractivity contribution in [1.82, 2.24) is 0 Å². The van der Waals surface area contributed by atoms with Crippen molar-refractivity contribution in [3.8, 4) is 0 Å². The van der Waals surface area contributed by atoms with Gasteiger partial charge in [-0.25, -0.2) is 0 Å². The Morgan fingerprint density at radius 1 is 0.263 bits per heavy atom. The summed E-state index contributed by atoms with van der Waals surface area (Å²) in [6.07, 6.45) is 43.2. The predicted molar refractivity (Wildman–Crippen MR) is 182 cm³/mol. The molecule has 0 amide bonds. The number of halogens is 1. The third-order valence-corrected chi connectivity index (χ3v) is 14.4. The second-order valence-corrected chi connectivity index (χ2v) is 19.2. The zero-order chi connectivity index (χ0) is 27.8. The van der Waals surface area contributed by atoms with Crippen LogP contribution in [0.5, 0.6) is 0 Å². The SMILES string of the molecule is CCCCCCCCCCCC[Si](Cl)(CCCCCCCCCCCC)CCCCCCCCCCCC. The Morgan fingerprint density at radius 2 is 0.421 bits per heavy atom. The van der Waals surface area contributed by atoms with Crippen LogP contribution in [0.3, 0.4) is 0 Å². The molecule has 0 fully saturated rings.